The molecule has 4 nitrogen and oxygen atoms in total. The number of anilines is 1. The van der Waals surface area contributed by atoms with Crippen molar-refractivity contribution in [3.8, 4) is 0 Å². The molecule has 0 radical (unpaired) electrons. The Balaban J connectivity index is 1.87. The van der Waals surface area contributed by atoms with Crippen LogP contribution in [0.15, 0.2) is 52.9 Å². The third kappa shape index (κ3) is 2.33. The van der Waals surface area contributed by atoms with Crippen molar-refractivity contribution in [1.29, 1.82) is 0 Å². The predicted octanol–water partition coefficient (Wildman–Crippen LogP) is 3.39. The zero-order valence-corrected chi connectivity index (χ0v) is 10.4. The molecular weight excluding hydrogens is 240 g/mol. The first kappa shape index (κ1) is 11.5. The van der Waals surface area contributed by atoms with Crippen LogP contribution >= 0.6 is 0 Å². The molecule has 1 N–H and O–H groups in total. The number of carbonyl (C=O) groups excluding carboxylic acids is 1. The summed E-state index contributed by atoms with van der Waals surface area (Å²) in [7, 11) is 0. The third-order valence-corrected chi connectivity index (χ3v) is 2.78. The number of amides is 1. The standard InChI is InChI=1S/C15H12N2O2/c1-10-5-4-8-14(16-10)17-15(18)13-9-11-6-2-3-7-12(11)19-13/h2-9H,1H3,(H,16,17,18). The fourth-order valence-corrected chi connectivity index (χ4v) is 1.88. The molecule has 0 aliphatic rings. The highest BCUT2D eigenvalue weighted by molar-refractivity contribution is 6.04. The van der Waals surface area contributed by atoms with E-state index in [9.17, 15) is 4.79 Å². The van der Waals surface area contributed by atoms with Gasteiger partial charge in [-0.3, -0.25) is 4.79 Å². The minimum atomic E-state index is -0.297. The van der Waals surface area contributed by atoms with Crippen molar-refractivity contribution in [3.63, 3.8) is 0 Å². The molecule has 0 bridgehead atoms. The maximum atomic E-state index is 12.1. The van der Waals surface area contributed by atoms with Crippen molar-refractivity contribution in [3.05, 3.63) is 60.0 Å². The third-order valence-electron chi connectivity index (χ3n) is 2.78. The van der Waals surface area contributed by atoms with Crippen LogP contribution in [-0.2, 0) is 0 Å². The first-order valence-corrected chi connectivity index (χ1v) is 5.96. The second-order valence-electron chi connectivity index (χ2n) is 4.27. The molecule has 0 saturated carbocycles. The van der Waals surface area contributed by atoms with Crippen molar-refractivity contribution in [2.75, 3.05) is 5.32 Å². The number of rotatable bonds is 2. The van der Waals surface area contributed by atoms with Gasteiger partial charge in [-0.2, -0.15) is 0 Å². The fourth-order valence-electron chi connectivity index (χ4n) is 1.88. The van der Waals surface area contributed by atoms with Gasteiger partial charge in [-0.05, 0) is 31.2 Å². The first-order chi connectivity index (χ1) is 9.22. The van der Waals surface area contributed by atoms with Gasteiger partial charge in [0.25, 0.3) is 5.91 Å². The second-order valence-corrected chi connectivity index (χ2v) is 4.27. The van der Waals surface area contributed by atoms with Crippen molar-refractivity contribution in [2.45, 2.75) is 6.92 Å². The molecule has 0 aliphatic heterocycles. The Morgan fingerprint density at radius 2 is 2.00 bits per heavy atom. The second kappa shape index (κ2) is 4.57. The van der Waals surface area contributed by atoms with Crippen LogP contribution in [0, 0.1) is 6.92 Å². The summed E-state index contributed by atoms with van der Waals surface area (Å²) >= 11 is 0. The van der Waals surface area contributed by atoms with Gasteiger partial charge in [-0.15, -0.1) is 0 Å². The maximum absolute atomic E-state index is 12.1. The van der Waals surface area contributed by atoms with Crippen molar-refractivity contribution >= 4 is 22.7 Å². The molecule has 0 spiro atoms. The van der Waals surface area contributed by atoms with Crippen LogP contribution in [0.2, 0.25) is 0 Å². The minimum Gasteiger partial charge on any atom is -0.451 e. The zero-order chi connectivity index (χ0) is 13.2. The lowest BCUT2D eigenvalue weighted by molar-refractivity contribution is 0.0998. The normalized spacial score (nSPS) is 10.6. The molecule has 3 rings (SSSR count). The highest BCUT2D eigenvalue weighted by Crippen LogP contribution is 2.19. The molecule has 2 aromatic heterocycles. The number of hydrogen-bond donors (Lipinski definition) is 1. The van der Waals surface area contributed by atoms with Crippen molar-refractivity contribution < 1.29 is 9.21 Å². The van der Waals surface area contributed by atoms with Crippen LogP contribution in [0.4, 0.5) is 5.82 Å². The van der Waals surface area contributed by atoms with Crippen molar-refractivity contribution in [1.82, 2.24) is 4.98 Å². The number of aryl methyl sites for hydroxylation is 1. The molecule has 19 heavy (non-hydrogen) atoms. The molecule has 94 valence electrons. The lowest BCUT2D eigenvalue weighted by Gasteiger charge is -2.02. The van der Waals surface area contributed by atoms with Crippen LogP contribution in [-0.4, -0.2) is 10.9 Å². The molecule has 3 aromatic rings. The van der Waals surface area contributed by atoms with E-state index in [2.05, 4.69) is 10.3 Å². The number of benzene rings is 1. The molecule has 2 heterocycles. The summed E-state index contributed by atoms with van der Waals surface area (Å²) in [6.07, 6.45) is 0. The van der Waals surface area contributed by atoms with Crippen LogP contribution in [0.3, 0.4) is 0 Å². The molecule has 4 heteroatoms. The maximum Gasteiger partial charge on any atom is 0.292 e. The monoisotopic (exact) mass is 252 g/mol. The van der Waals surface area contributed by atoms with Gasteiger partial charge in [-0.25, -0.2) is 4.98 Å². The molecule has 0 unspecified atom stereocenters. The SMILES string of the molecule is Cc1cccc(NC(=O)c2cc3ccccc3o2)n1. The van der Waals surface area contributed by atoms with E-state index < -0.39 is 0 Å². The summed E-state index contributed by atoms with van der Waals surface area (Å²) in [5.74, 6) is 0.504. The van der Waals surface area contributed by atoms with E-state index in [4.69, 9.17) is 4.42 Å². The van der Waals surface area contributed by atoms with Gasteiger partial charge in [0, 0.05) is 11.1 Å². The summed E-state index contributed by atoms with van der Waals surface area (Å²) in [4.78, 5) is 16.3. The quantitative estimate of drug-likeness (QED) is 0.760. The summed E-state index contributed by atoms with van der Waals surface area (Å²) in [5.41, 5.74) is 1.55. The largest absolute Gasteiger partial charge is 0.451 e. The number of hydrogen-bond acceptors (Lipinski definition) is 3. The van der Waals surface area contributed by atoms with E-state index in [-0.39, 0.29) is 11.7 Å². The predicted molar refractivity (Wildman–Crippen MR) is 73.1 cm³/mol. The molecule has 0 atom stereocenters. The van der Waals surface area contributed by atoms with Gasteiger partial charge in [-0.1, -0.05) is 24.3 Å². The number of para-hydroxylation sites is 1. The summed E-state index contributed by atoms with van der Waals surface area (Å²) in [6, 6.07) is 14.7. The molecule has 0 aliphatic carbocycles. The Bertz CT molecular complexity index is 713. The van der Waals surface area contributed by atoms with E-state index in [0.29, 0.717) is 11.4 Å². The molecule has 0 fully saturated rings. The molecule has 1 amide bonds. The lowest BCUT2D eigenvalue weighted by Crippen LogP contribution is -2.12. The number of pyridine rings is 1. The average Bonchev–Trinajstić information content (AvgIpc) is 2.82. The Kier molecular flexibility index (Phi) is 2.76. The Labute approximate surface area is 110 Å². The number of nitrogens with zero attached hydrogens (tertiary/aromatic N) is 1. The van der Waals surface area contributed by atoms with Gasteiger partial charge >= 0.3 is 0 Å². The topological polar surface area (TPSA) is 55.1 Å². The average molecular weight is 252 g/mol. The number of fused-ring (bicyclic) bond motifs is 1. The van der Waals surface area contributed by atoms with Gasteiger partial charge < -0.3 is 9.73 Å². The molecule has 1 aromatic carbocycles. The van der Waals surface area contributed by atoms with Gasteiger partial charge in [0.15, 0.2) is 5.76 Å². The highest BCUT2D eigenvalue weighted by Gasteiger charge is 2.12. The van der Waals surface area contributed by atoms with Crippen LogP contribution in [0.25, 0.3) is 11.0 Å². The number of aromatic nitrogens is 1. The van der Waals surface area contributed by atoms with Crippen LogP contribution < -0.4 is 5.32 Å². The van der Waals surface area contributed by atoms with Crippen LogP contribution in [0.5, 0.6) is 0 Å². The number of nitrogens with one attached hydrogen (secondary N) is 1. The smallest absolute Gasteiger partial charge is 0.292 e. The molecule has 0 saturated heterocycles. The summed E-state index contributed by atoms with van der Waals surface area (Å²) in [6.45, 7) is 1.87. The van der Waals surface area contributed by atoms with Gasteiger partial charge in [0.05, 0.1) is 0 Å². The number of carbonyl (C=O) groups is 1. The fraction of sp³-hybridized carbons (Fsp3) is 0.0667. The Morgan fingerprint density at radius 1 is 1.16 bits per heavy atom. The van der Waals surface area contributed by atoms with Gasteiger partial charge in [0.2, 0.25) is 0 Å². The van der Waals surface area contributed by atoms with E-state index in [1.807, 2.05) is 43.3 Å². The van der Waals surface area contributed by atoms with E-state index >= 15 is 0 Å². The first-order valence-electron chi connectivity index (χ1n) is 5.96. The summed E-state index contributed by atoms with van der Waals surface area (Å²) < 4.78 is 5.49. The van der Waals surface area contributed by atoms with E-state index in [0.717, 1.165) is 11.1 Å². The van der Waals surface area contributed by atoms with Gasteiger partial charge in [0.1, 0.15) is 11.4 Å². The van der Waals surface area contributed by atoms with Crippen LogP contribution in [0.1, 0.15) is 16.2 Å². The Hall–Kier alpha value is -2.62. The molecular formula is C15H12N2O2. The highest BCUT2D eigenvalue weighted by atomic mass is 16.3. The summed E-state index contributed by atoms with van der Waals surface area (Å²) in [5, 5.41) is 3.62. The lowest BCUT2D eigenvalue weighted by atomic mass is 10.2. The minimum absolute atomic E-state index is 0.282. The Morgan fingerprint density at radius 3 is 2.79 bits per heavy atom. The van der Waals surface area contributed by atoms with E-state index in [1.54, 1.807) is 12.1 Å². The van der Waals surface area contributed by atoms with E-state index in [1.165, 1.54) is 0 Å². The number of furan rings is 1. The zero-order valence-electron chi connectivity index (χ0n) is 10.4. The van der Waals surface area contributed by atoms with Crippen molar-refractivity contribution in [2.24, 2.45) is 0 Å².